The number of ether oxygens (including phenoxy) is 2. The number of esters is 1. The van der Waals surface area contributed by atoms with E-state index in [1.54, 1.807) is 12.1 Å². The van der Waals surface area contributed by atoms with Gasteiger partial charge in [-0.3, -0.25) is 4.79 Å². The van der Waals surface area contributed by atoms with E-state index in [1.165, 1.54) is 10.8 Å². The van der Waals surface area contributed by atoms with Crippen molar-refractivity contribution in [1.29, 1.82) is 0 Å². The minimum atomic E-state index is -1.77. The van der Waals surface area contributed by atoms with Gasteiger partial charge in [0.2, 0.25) is 0 Å². The zero-order chi connectivity index (χ0) is 18.2. The number of nitrogen functional groups attached to an aromatic ring is 1. The summed E-state index contributed by atoms with van der Waals surface area (Å²) in [5.74, 6) is -0.479. The number of carbonyl (C=O) groups excluding carboxylic acids is 1. The predicted molar refractivity (Wildman–Crippen MR) is 92.4 cm³/mol. The van der Waals surface area contributed by atoms with E-state index in [9.17, 15) is 4.79 Å². The van der Waals surface area contributed by atoms with Crippen molar-refractivity contribution in [3.8, 4) is 0 Å². The Kier molecular flexibility index (Phi) is 4.67. The van der Waals surface area contributed by atoms with Crippen LogP contribution < -0.4 is 5.73 Å². The van der Waals surface area contributed by atoms with Crippen LogP contribution in [-0.2, 0) is 14.3 Å². The van der Waals surface area contributed by atoms with Crippen LogP contribution in [0.4, 0.5) is 10.2 Å². The Morgan fingerprint density at radius 2 is 2.44 bits per heavy atom. The summed E-state index contributed by atoms with van der Waals surface area (Å²) >= 11 is 1.89. The molecular weight excluding hydrogens is 448 g/mol. The number of azide groups is 1. The van der Waals surface area contributed by atoms with Crippen molar-refractivity contribution in [2.75, 3.05) is 10.2 Å². The van der Waals surface area contributed by atoms with Crippen molar-refractivity contribution in [2.24, 2.45) is 5.11 Å². The van der Waals surface area contributed by atoms with E-state index in [0.29, 0.717) is 11.2 Å². The SMILES string of the molecule is CC(=O)OC1C(F)C(c2ccc3c(N)ncnn23)OC1(CI)N=[N+]=[N-]. The van der Waals surface area contributed by atoms with Crippen LogP contribution in [0.15, 0.2) is 23.6 Å². The first-order chi connectivity index (χ1) is 11.9. The molecule has 4 atom stereocenters. The monoisotopic (exact) mass is 461 g/mol. The van der Waals surface area contributed by atoms with Crippen molar-refractivity contribution in [1.82, 2.24) is 14.6 Å². The molecule has 10 nitrogen and oxygen atoms in total. The van der Waals surface area contributed by atoms with Crippen molar-refractivity contribution < 1.29 is 18.7 Å². The summed E-state index contributed by atoms with van der Waals surface area (Å²) < 4.78 is 27.4. The molecule has 0 amide bonds. The van der Waals surface area contributed by atoms with Gasteiger partial charge in [-0.1, -0.05) is 27.7 Å². The second-order valence-corrected chi connectivity index (χ2v) is 6.14. The van der Waals surface area contributed by atoms with E-state index in [-0.39, 0.29) is 10.2 Å². The summed E-state index contributed by atoms with van der Waals surface area (Å²) in [6.45, 7) is 1.15. The molecule has 25 heavy (non-hydrogen) atoms. The molecule has 1 aliphatic rings. The summed E-state index contributed by atoms with van der Waals surface area (Å²) in [4.78, 5) is 18.0. The van der Waals surface area contributed by atoms with Gasteiger partial charge in [0.1, 0.15) is 17.9 Å². The Morgan fingerprint density at radius 1 is 1.68 bits per heavy atom. The van der Waals surface area contributed by atoms with Gasteiger partial charge >= 0.3 is 5.97 Å². The fourth-order valence-corrected chi connectivity index (χ4v) is 3.56. The van der Waals surface area contributed by atoms with Crippen LogP contribution in [0.5, 0.6) is 0 Å². The lowest BCUT2D eigenvalue weighted by Crippen LogP contribution is -2.44. The van der Waals surface area contributed by atoms with Gasteiger partial charge in [0.25, 0.3) is 0 Å². The Labute approximate surface area is 154 Å². The fourth-order valence-electron chi connectivity index (χ4n) is 2.80. The minimum absolute atomic E-state index is 0.0874. The van der Waals surface area contributed by atoms with Crippen LogP contribution in [0, 0.1) is 0 Å². The molecule has 1 aliphatic heterocycles. The summed E-state index contributed by atoms with van der Waals surface area (Å²) in [5.41, 5.74) is 13.8. The Hall–Kier alpha value is -2.18. The highest BCUT2D eigenvalue weighted by Crippen LogP contribution is 2.45. The molecule has 1 saturated heterocycles. The number of nitrogens with zero attached hydrogens (tertiary/aromatic N) is 6. The number of rotatable bonds is 4. The average Bonchev–Trinajstić information content (AvgIpc) is 3.11. The van der Waals surface area contributed by atoms with Crippen molar-refractivity contribution in [2.45, 2.75) is 31.0 Å². The van der Waals surface area contributed by atoms with E-state index in [2.05, 4.69) is 20.1 Å². The van der Waals surface area contributed by atoms with Gasteiger partial charge in [0.15, 0.2) is 23.8 Å². The molecule has 0 bridgehead atoms. The van der Waals surface area contributed by atoms with Crippen LogP contribution in [0.2, 0.25) is 0 Å². The molecule has 132 valence electrons. The maximum atomic E-state index is 15.1. The molecular formula is C13H13FIN7O3. The van der Waals surface area contributed by atoms with Crippen molar-refractivity contribution >= 4 is 39.9 Å². The number of hydrogen-bond acceptors (Lipinski definition) is 7. The second-order valence-electron chi connectivity index (χ2n) is 5.38. The quantitative estimate of drug-likeness (QED) is 0.185. The second kappa shape index (κ2) is 6.61. The molecule has 2 N–H and O–H groups in total. The molecule has 0 spiro atoms. The Balaban J connectivity index is 2.09. The number of fused-ring (bicyclic) bond motifs is 1. The maximum absolute atomic E-state index is 15.1. The normalized spacial score (nSPS) is 28.7. The number of nitrogens with two attached hydrogens (primary N) is 1. The summed E-state index contributed by atoms with van der Waals surface area (Å²) in [6.07, 6.45) is -3.08. The lowest BCUT2D eigenvalue weighted by Gasteiger charge is -2.26. The highest BCUT2D eigenvalue weighted by atomic mass is 127. The predicted octanol–water partition coefficient (Wildman–Crippen LogP) is 2.09. The number of alkyl halides is 2. The maximum Gasteiger partial charge on any atom is 0.303 e. The first-order valence-electron chi connectivity index (χ1n) is 7.13. The zero-order valence-corrected chi connectivity index (χ0v) is 15.1. The van der Waals surface area contributed by atoms with E-state index in [4.69, 9.17) is 20.7 Å². The fraction of sp³-hybridized carbons (Fsp3) is 0.462. The summed E-state index contributed by atoms with van der Waals surface area (Å²) in [5, 5.41) is 7.64. The summed E-state index contributed by atoms with van der Waals surface area (Å²) in [7, 11) is 0. The van der Waals surface area contributed by atoms with E-state index < -0.39 is 30.1 Å². The molecule has 0 aliphatic carbocycles. The van der Waals surface area contributed by atoms with Gasteiger partial charge in [-0.15, -0.1) is 0 Å². The van der Waals surface area contributed by atoms with Gasteiger partial charge in [-0.25, -0.2) is 13.9 Å². The molecule has 3 heterocycles. The van der Waals surface area contributed by atoms with E-state index >= 15 is 4.39 Å². The number of aromatic nitrogens is 3. The number of carbonyl (C=O) groups is 1. The van der Waals surface area contributed by atoms with Crippen LogP contribution in [-0.4, -0.2) is 43.0 Å². The standard InChI is InChI=1S/C13H13FIN7O3/c1-6(23)24-11-9(14)10(25-13(11,4-15)20-21-17)7-2-3-8-12(16)18-5-19-22(7)8/h2-3,5,9-11H,4H2,1H3,(H2,16,18,19). The van der Waals surface area contributed by atoms with Crippen LogP contribution >= 0.6 is 22.6 Å². The van der Waals surface area contributed by atoms with Crippen molar-refractivity contribution in [3.63, 3.8) is 0 Å². The largest absolute Gasteiger partial charge is 0.456 e. The highest BCUT2D eigenvalue weighted by Gasteiger charge is 2.58. The molecule has 2 aromatic heterocycles. The number of anilines is 1. The van der Waals surface area contributed by atoms with Crippen molar-refractivity contribution in [3.05, 3.63) is 34.6 Å². The van der Waals surface area contributed by atoms with Gasteiger partial charge in [0, 0.05) is 16.3 Å². The lowest BCUT2D eigenvalue weighted by molar-refractivity contribution is -0.156. The Morgan fingerprint density at radius 3 is 3.08 bits per heavy atom. The smallest absolute Gasteiger partial charge is 0.303 e. The zero-order valence-electron chi connectivity index (χ0n) is 12.9. The summed E-state index contributed by atoms with van der Waals surface area (Å²) in [6, 6.07) is 3.21. The molecule has 0 saturated carbocycles. The Bertz CT molecular complexity index is 870. The molecule has 2 aromatic rings. The van der Waals surface area contributed by atoms with Crippen LogP contribution in [0.3, 0.4) is 0 Å². The average molecular weight is 461 g/mol. The van der Waals surface area contributed by atoms with Crippen LogP contribution in [0.1, 0.15) is 18.7 Å². The third-order valence-corrected chi connectivity index (χ3v) is 4.95. The topological polar surface area (TPSA) is 141 Å². The molecule has 0 radical (unpaired) electrons. The number of hydrogen-bond donors (Lipinski definition) is 1. The molecule has 3 rings (SSSR count). The molecule has 12 heteroatoms. The van der Waals surface area contributed by atoms with Gasteiger partial charge in [-0.2, -0.15) is 5.10 Å². The minimum Gasteiger partial charge on any atom is -0.456 e. The third kappa shape index (κ3) is 2.85. The first-order valence-corrected chi connectivity index (χ1v) is 8.65. The third-order valence-electron chi connectivity index (χ3n) is 3.86. The molecule has 0 aromatic carbocycles. The first kappa shape index (κ1) is 17.6. The lowest BCUT2D eigenvalue weighted by atomic mass is 10.0. The number of halogens is 2. The van der Waals surface area contributed by atoms with E-state index in [0.717, 1.165) is 6.92 Å². The highest BCUT2D eigenvalue weighted by molar-refractivity contribution is 14.1. The van der Waals surface area contributed by atoms with Gasteiger partial charge in [0.05, 0.1) is 5.69 Å². The van der Waals surface area contributed by atoms with E-state index in [1.807, 2.05) is 22.6 Å². The molecule has 1 fully saturated rings. The van der Waals surface area contributed by atoms with Crippen LogP contribution in [0.25, 0.3) is 16.0 Å². The van der Waals surface area contributed by atoms with Gasteiger partial charge in [-0.05, 0) is 17.7 Å². The van der Waals surface area contributed by atoms with Gasteiger partial charge < -0.3 is 15.2 Å². The molecule has 4 unspecified atom stereocenters.